The average Bonchev–Trinajstić information content (AvgIpc) is 3.13. The van der Waals surface area contributed by atoms with Gasteiger partial charge in [0.15, 0.2) is 11.3 Å². The summed E-state index contributed by atoms with van der Waals surface area (Å²) >= 11 is 0. The van der Waals surface area contributed by atoms with Gasteiger partial charge in [-0.1, -0.05) is 18.2 Å². The molecule has 12 heteroatoms. The molecule has 0 saturated carbocycles. The number of aromatic nitrogens is 3. The summed E-state index contributed by atoms with van der Waals surface area (Å²) in [7, 11) is 0. The number of halogens is 4. The molecule has 2 heterocycles. The third kappa shape index (κ3) is 4.79. The number of rotatable bonds is 6. The normalized spacial score (nSPS) is 11.2. The van der Waals surface area contributed by atoms with Gasteiger partial charge in [-0.25, -0.2) is 9.50 Å². The maximum atomic E-state index is 13.2. The smallest absolute Gasteiger partial charge is 0.416 e. The minimum atomic E-state index is -4.49. The van der Waals surface area contributed by atoms with E-state index in [4.69, 9.17) is 5.11 Å². The Labute approximate surface area is 173 Å². The second kappa shape index (κ2) is 8.99. The van der Waals surface area contributed by atoms with Crippen molar-refractivity contribution in [3.63, 3.8) is 0 Å². The lowest BCUT2D eigenvalue weighted by molar-refractivity contribution is -0.138. The number of carbonyl (C=O) groups is 2. The lowest BCUT2D eigenvalue weighted by Gasteiger charge is -2.13. The molecule has 0 atom stereocenters. The molecule has 8 nitrogen and oxygen atoms in total. The maximum Gasteiger partial charge on any atom is 0.416 e. The van der Waals surface area contributed by atoms with Crippen molar-refractivity contribution in [2.24, 2.45) is 0 Å². The quantitative estimate of drug-likeness (QED) is 0.538. The molecular formula is C18H16ClF3N4O4. The highest BCUT2D eigenvalue weighted by Crippen LogP contribution is 2.32. The Balaban J connectivity index is 0.00000320. The minimum Gasteiger partial charge on any atom is -0.505 e. The van der Waals surface area contributed by atoms with E-state index in [1.807, 2.05) is 0 Å². The Hall–Kier alpha value is -3.34. The van der Waals surface area contributed by atoms with E-state index in [-0.39, 0.29) is 42.2 Å². The zero-order valence-corrected chi connectivity index (χ0v) is 16.0. The Morgan fingerprint density at radius 1 is 1.13 bits per heavy atom. The summed E-state index contributed by atoms with van der Waals surface area (Å²) in [5, 5.41) is 24.9. The van der Waals surface area contributed by atoms with Crippen molar-refractivity contribution in [2.75, 3.05) is 6.54 Å². The molecule has 3 rings (SSSR count). The van der Waals surface area contributed by atoms with Crippen molar-refractivity contribution >= 4 is 29.9 Å². The number of carbonyl (C=O) groups excluding carboxylic acids is 1. The number of nitrogens with one attached hydrogen (secondary N) is 1. The molecule has 0 aliphatic carbocycles. The predicted octanol–water partition coefficient (Wildman–Crippen LogP) is 2.48. The van der Waals surface area contributed by atoms with Gasteiger partial charge in [-0.05, 0) is 30.5 Å². The fourth-order valence-electron chi connectivity index (χ4n) is 2.95. The molecule has 30 heavy (non-hydrogen) atoms. The molecular weight excluding hydrogens is 429 g/mol. The van der Waals surface area contributed by atoms with Gasteiger partial charge in [-0.3, -0.25) is 9.59 Å². The van der Waals surface area contributed by atoms with Crippen LogP contribution in [0.3, 0.4) is 0 Å². The van der Waals surface area contributed by atoms with Gasteiger partial charge in [0, 0.05) is 5.56 Å². The molecule has 1 aromatic carbocycles. The summed E-state index contributed by atoms with van der Waals surface area (Å²) in [6, 6.07) is 6.40. The monoisotopic (exact) mass is 444 g/mol. The fraction of sp³-hybridized carbons (Fsp3) is 0.222. The lowest BCUT2D eigenvalue weighted by atomic mass is 9.99. The molecule has 0 saturated heterocycles. The topological polar surface area (TPSA) is 117 Å². The van der Waals surface area contributed by atoms with Crippen LogP contribution in [0.15, 0.2) is 36.7 Å². The van der Waals surface area contributed by atoms with Crippen LogP contribution >= 0.6 is 12.4 Å². The third-order valence-corrected chi connectivity index (χ3v) is 4.20. The number of amides is 1. The summed E-state index contributed by atoms with van der Waals surface area (Å²) in [6.45, 7) is -0.662. The van der Waals surface area contributed by atoms with Crippen LogP contribution in [0.4, 0.5) is 13.2 Å². The Morgan fingerprint density at radius 2 is 1.80 bits per heavy atom. The van der Waals surface area contributed by atoms with E-state index in [0.717, 1.165) is 16.9 Å². The summed E-state index contributed by atoms with van der Waals surface area (Å²) in [5.74, 6) is -2.65. The van der Waals surface area contributed by atoms with E-state index in [9.17, 15) is 27.9 Å². The molecule has 0 bridgehead atoms. The second-order valence-electron chi connectivity index (χ2n) is 6.13. The van der Waals surface area contributed by atoms with Crippen LogP contribution in [0.25, 0.3) is 5.65 Å². The van der Waals surface area contributed by atoms with E-state index in [1.165, 1.54) is 24.3 Å². The number of hydrogen-bond donors (Lipinski definition) is 3. The largest absolute Gasteiger partial charge is 0.505 e. The fourth-order valence-corrected chi connectivity index (χ4v) is 2.95. The van der Waals surface area contributed by atoms with Crippen LogP contribution in [0.1, 0.15) is 27.2 Å². The Kier molecular flexibility index (Phi) is 6.88. The SMILES string of the molecule is Cl.O=C(O)CNC(=O)c1c(O)cc(CCc2ccccc2C(F)(F)F)c2ncnn12. The van der Waals surface area contributed by atoms with Gasteiger partial charge in [0.1, 0.15) is 18.6 Å². The van der Waals surface area contributed by atoms with Crippen molar-refractivity contribution in [1.82, 2.24) is 19.9 Å². The van der Waals surface area contributed by atoms with Gasteiger partial charge in [0.05, 0.1) is 5.56 Å². The first kappa shape index (κ1) is 22.9. The number of nitrogens with zero attached hydrogens (tertiary/aromatic N) is 3. The van der Waals surface area contributed by atoms with Crippen molar-refractivity contribution in [3.05, 3.63) is 59.0 Å². The van der Waals surface area contributed by atoms with Crippen LogP contribution < -0.4 is 5.32 Å². The highest BCUT2D eigenvalue weighted by Gasteiger charge is 2.32. The number of hydrogen-bond acceptors (Lipinski definition) is 5. The van der Waals surface area contributed by atoms with Crippen LogP contribution in [-0.4, -0.2) is 43.2 Å². The number of carboxylic acids is 1. The highest BCUT2D eigenvalue weighted by atomic mass is 35.5. The van der Waals surface area contributed by atoms with Gasteiger partial charge >= 0.3 is 12.1 Å². The molecule has 0 aliphatic heterocycles. The first-order valence-electron chi connectivity index (χ1n) is 8.38. The second-order valence-corrected chi connectivity index (χ2v) is 6.13. The van der Waals surface area contributed by atoms with Gasteiger partial charge in [-0.15, -0.1) is 12.4 Å². The van der Waals surface area contributed by atoms with Gasteiger partial charge in [-0.2, -0.15) is 18.3 Å². The van der Waals surface area contributed by atoms with Crippen LogP contribution in [-0.2, 0) is 23.8 Å². The first-order valence-corrected chi connectivity index (χ1v) is 8.38. The molecule has 160 valence electrons. The average molecular weight is 445 g/mol. The zero-order valence-electron chi connectivity index (χ0n) is 15.2. The van der Waals surface area contributed by atoms with Crippen molar-refractivity contribution in [2.45, 2.75) is 19.0 Å². The highest BCUT2D eigenvalue weighted by molar-refractivity contribution is 5.97. The lowest BCUT2D eigenvalue weighted by Crippen LogP contribution is -2.31. The molecule has 0 unspecified atom stereocenters. The summed E-state index contributed by atoms with van der Waals surface area (Å²) in [4.78, 5) is 26.8. The molecule has 0 aliphatic rings. The standard InChI is InChI=1S/C18H15F3N4O4.ClH/c19-18(20,21)12-4-2-1-3-10(12)5-6-11-7-13(26)15(17(29)22-8-14(27)28)25-16(11)23-9-24-25;/h1-4,7,9,26H,5-6,8H2,(H,22,29)(H,27,28);1H. The van der Waals surface area contributed by atoms with Crippen molar-refractivity contribution in [1.29, 1.82) is 0 Å². The maximum absolute atomic E-state index is 13.2. The van der Waals surface area contributed by atoms with Crippen molar-refractivity contribution < 1.29 is 33.0 Å². The van der Waals surface area contributed by atoms with E-state index < -0.39 is 35.9 Å². The molecule has 0 fully saturated rings. The number of aliphatic carboxylic acids is 1. The molecule has 1 amide bonds. The number of pyridine rings is 1. The zero-order chi connectivity index (χ0) is 21.2. The van der Waals surface area contributed by atoms with Crippen LogP contribution in [0.5, 0.6) is 5.75 Å². The third-order valence-electron chi connectivity index (χ3n) is 4.20. The van der Waals surface area contributed by atoms with Gasteiger partial charge < -0.3 is 15.5 Å². The number of carboxylic acid groups (broad SMARTS) is 1. The van der Waals surface area contributed by atoms with Crippen molar-refractivity contribution in [3.8, 4) is 5.75 Å². The van der Waals surface area contributed by atoms with Gasteiger partial charge in [0.2, 0.25) is 0 Å². The minimum absolute atomic E-state index is 0. The van der Waals surface area contributed by atoms with E-state index >= 15 is 0 Å². The summed E-state index contributed by atoms with van der Waals surface area (Å²) < 4.78 is 40.5. The first-order chi connectivity index (χ1) is 13.7. The molecule has 0 spiro atoms. The molecule has 2 aromatic heterocycles. The number of benzene rings is 1. The molecule has 0 radical (unpaired) electrons. The number of fused-ring (bicyclic) bond motifs is 1. The number of alkyl halides is 3. The van der Waals surface area contributed by atoms with Crippen LogP contribution in [0.2, 0.25) is 0 Å². The predicted molar refractivity (Wildman–Crippen MR) is 101 cm³/mol. The van der Waals surface area contributed by atoms with E-state index in [0.29, 0.717) is 5.56 Å². The molecule has 3 aromatic rings. The van der Waals surface area contributed by atoms with E-state index in [1.54, 1.807) is 0 Å². The van der Waals surface area contributed by atoms with Gasteiger partial charge in [0.25, 0.3) is 5.91 Å². The van der Waals surface area contributed by atoms with Crippen LogP contribution in [0, 0.1) is 0 Å². The summed E-state index contributed by atoms with van der Waals surface area (Å²) in [5.41, 5.74) is -0.426. The number of aromatic hydroxyl groups is 1. The number of aryl methyl sites for hydroxylation is 2. The summed E-state index contributed by atoms with van der Waals surface area (Å²) in [6.07, 6.45) is -3.26. The van der Waals surface area contributed by atoms with E-state index in [2.05, 4.69) is 15.4 Å². The molecule has 3 N–H and O–H groups in total. The Bertz CT molecular complexity index is 1080. The Morgan fingerprint density at radius 3 is 2.47 bits per heavy atom.